The summed E-state index contributed by atoms with van der Waals surface area (Å²) in [4.78, 5) is 17.3. The molecule has 24 heavy (non-hydrogen) atoms. The van der Waals surface area contributed by atoms with Crippen molar-refractivity contribution in [2.45, 2.75) is 11.8 Å². The van der Waals surface area contributed by atoms with Crippen molar-refractivity contribution in [3.63, 3.8) is 0 Å². The number of methoxy groups -OCH3 is 1. The number of anilines is 1. The number of sulfonamides is 1. The molecule has 0 atom stereocenters. The molecule has 9 heteroatoms. The van der Waals surface area contributed by atoms with Crippen molar-refractivity contribution in [3.8, 4) is 0 Å². The number of nitrogens with zero attached hydrogens (tertiary/aromatic N) is 2. The third-order valence-electron chi connectivity index (χ3n) is 3.11. The summed E-state index contributed by atoms with van der Waals surface area (Å²) in [5, 5.41) is 3.06. The molecule has 1 aromatic carbocycles. The van der Waals surface area contributed by atoms with Gasteiger partial charge in [0.2, 0.25) is 15.9 Å². The first kappa shape index (κ1) is 18.5. The van der Waals surface area contributed by atoms with Gasteiger partial charge in [-0.15, -0.1) is 11.3 Å². The largest absolute Gasteiger partial charge is 0.383 e. The number of hydrogen-bond acceptors (Lipinski definition) is 6. The zero-order chi connectivity index (χ0) is 17.6. The van der Waals surface area contributed by atoms with Crippen LogP contribution < -0.4 is 5.32 Å². The van der Waals surface area contributed by atoms with Crippen LogP contribution in [-0.4, -0.2) is 50.4 Å². The predicted octanol–water partition coefficient (Wildman–Crippen LogP) is 1.73. The van der Waals surface area contributed by atoms with Crippen molar-refractivity contribution in [2.24, 2.45) is 0 Å². The Hall–Kier alpha value is -1.81. The van der Waals surface area contributed by atoms with Crippen LogP contribution in [0.15, 0.2) is 41.4 Å². The van der Waals surface area contributed by atoms with Crippen molar-refractivity contribution >= 4 is 32.4 Å². The number of benzene rings is 1. The Morgan fingerprint density at radius 2 is 2.04 bits per heavy atom. The number of aryl methyl sites for hydroxylation is 1. The van der Waals surface area contributed by atoms with Crippen molar-refractivity contribution in [1.82, 2.24) is 9.29 Å². The van der Waals surface area contributed by atoms with E-state index < -0.39 is 15.9 Å². The number of amides is 1. The molecule has 0 aliphatic heterocycles. The van der Waals surface area contributed by atoms with Gasteiger partial charge in [0.15, 0.2) is 5.13 Å². The molecule has 1 N–H and O–H groups in total. The normalized spacial score (nSPS) is 11.6. The number of aromatic nitrogens is 1. The fourth-order valence-corrected chi connectivity index (χ4v) is 4.03. The summed E-state index contributed by atoms with van der Waals surface area (Å²) in [6.07, 6.45) is 1.64. The highest BCUT2D eigenvalue weighted by molar-refractivity contribution is 7.89. The fourth-order valence-electron chi connectivity index (χ4n) is 1.95. The molecule has 0 radical (unpaired) electrons. The molecule has 130 valence electrons. The third kappa shape index (κ3) is 4.84. The first-order chi connectivity index (χ1) is 11.4. The average Bonchev–Trinajstić information content (AvgIpc) is 2.97. The zero-order valence-electron chi connectivity index (χ0n) is 13.4. The standard InChI is InChI=1S/C15H19N3O4S2/c1-12-10-16-15(23-12)17-14(19)11-18(8-9-22-2)24(20,21)13-6-4-3-5-7-13/h3-7,10H,8-9,11H2,1-2H3,(H,16,17,19). The van der Waals surface area contributed by atoms with E-state index in [1.165, 1.54) is 30.6 Å². The summed E-state index contributed by atoms with van der Waals surface area (Å²) < 4.78 is 31.5. The highest BCUT2D eigenvalue weighted by atomic mass is 32.2. The molecule has 1 aromatic heterocycles. The van der Waals surface area contributed by atoms with Gasteiger partial charge < -0.3 is 10.1 Å². The van der Waals surface area contributed by atoms with Crippen LogP contribution in [0.2, 0.25) is 0 Å². The van der Waals surface area contributed by atoms with Crippen molar-refractivity contribution in [3.05, 3.63) is 41.4 Å². The Morgan fingerprint density at radius 1 is 1.33 bits per heavy atom. The average molecular weight is 369 g/mol. The van der Waals surface area contributed by atoms with Crippen molar-refractivity contribution in [1.29, 1.82) is 0 Å². The van der Waals surface area contributed by atoms with E-state index in [-0.39, 0.29) is 24.6 Å². The number of nitrogens with one attached hydrogen (secondary N) is 1. The van der Waals surface area contributed by atoms with Crippen LogP contribution in [0.25, 0.3) is 0 Å². The first-order valence-corrected chi connectivity index (χ1v) is 9.45. The molecule has 2 rings (SSSR count). The van der Waals surface area contributed by atoms with Crippen LogP contribution in [0, 0.1) is 6.92 Å². The lowest BCUT2D eigenvalue weighted by Crippen LogP contribution is -2.39. The quantitative estimate of drug-likeness (QED) is 0.765. The lowest BCUT2D eigenvalue weighted by molar-refractivity contribution is -0.116. The molecule has 0 aliphatic rings. The Morgan fingerprint density at radius 3 is 2.62 bits per heavy atom. The van der Waals surface area contributed by atoms with Gasteiger partial charge in [-0.1, -0.05) is 18.2 Å². The molecule has 0 unspecified atom stereocenters. The molecular weight excluding hydrogens is 350 g/mol. The minimum Gasteiger partial charge on any atom is -0.383 e. The summed E-state index contributed by atoms with van der Waals surface area (Å²) in [6, 6.07) is 8.00. The van der Waals surface area contributed by atoms with Gasteiger partial charge >= 0.3 is 0 Å². The highest BCUT2D eigenvalue weighted by Crippen LogP contribution is 2.18. The van der Waals surface area contributed by atoms with Gasteiger partial charge in [0.1, 0.15) is 0 Å². The number of carbonyl (C=O) groups excluding carboxylic acids is 1. The number of rotatable bonds is 8. The van der Waals surface area contributed by atoms with Crippen LogP contribution in [0.3, 0.4) is 0 Å². The second-order valence-electron chi connectivity index (χ2n) is 4.97. The Balaban J connectivity index is 2.14. The number of ether oxygens (including phenoxy) is 1. The predicted molar refractivity (Wildman–Crippen MR) is 92.6 cm³/mol. The van der Waals surface area contributed by atoms with Gasteiger partial charge in [0.05, 0.1) is 18.0 Å². The van der Waals surface area contributed by atoms with Gasteiger partial charge in [0, 0.05) is 24.7 Å². The lowest BCUT2D eigenvalue weighted by Gasteiger charge is -2.21. The molecule has 2 aromatic rings. The molecule has 7 nitrogen and oxygen atoms in total. The fraction of sp³-hybridized carbons (Fsp3) is 0.333. The minimum absolute atomic E-state index is 0.0814. The smallest absolute Gasteiger partial charge is 0.243 e. The molecular formula is C15H19N3O4S2. The van der Waals surface area contributed by atoms with E-state index in [4.69, 9.17) is 4.74 Å². The van der Waals surface area contributed by atoms with Gasteiger partial charge in [-0.25, -0.2) is 13.4 Å². The second-order valence-corrected chi connectivity index (χ2v) is 8.14. The molecule has 1 heterocycles. The SMILES string of the molecule is COCCN(CC(=O)Nc1ncc(C)s1)S(=O)(=O)c1ccccc1. The maximum Gasteiger partial charge on any atom is 0.243 e. The van der Waals surface area contributed by atoms with Gasteiger partial charge in [-0.3, -0.25) is 4.79 Å². The lowest BCUT2D eigenvalue weighted by atomic mass is 10.4. The summed E-state index contributed by atoms with van der Waals surface area (Å²) in [7, 11) is -2.30. The summed E-state index contributed by atoms with van der Waals surface area (Å²) in [6.45, 7) is 1.84. The molecule has 0 saturated carbocycles. The molecule has 0 aliphatic carbocycles. The van der Waals surface area contributed by atoms with E-state index in [0.29, 0.717) is 5.13 Å². The Kier molecular flexibility index (Phi) is 6.44. The number of hydrogen-bond donors (Lipinski definition) is 1. The Bertz CT molecular complexity index is 775. The molecule has 0 saturated heterocycles. The number of thiazole rings is 1. The molecule has 1 amide bonds. The highest BCUT2D eigenvalue weighted by Gasteiger charge is 2.26. The summed E-state index contributed by atoms with van der Waals surface area (Å²) >= 11 is 1.33. The monoisotopic (exact) mass is 369 g/mol. The molecule has 0 bridgehead atoms. The van der Waals surface area contributed by atoms with E-state index in [1.54, 1.807) is 24.4 Å². The maximum atomic E-state index is 12.7. The van der Waals surface area contributed by atoms with E-state index >= 15 is 0 Å². The minimum atomic E-state index is -3.78. The third-order valence-corrected chi connectivity index (χ3v) is 5.80. The first-order valence-electron chi connectivity index (χ1n) is 7.20. The Labute approximate surface area is 145 Å². The summed E-state index contributed by atoms with van der Waals surface area (Å²) in [5.74, 6) is -0.444. The summed E-state index contributed by atoms with van der Waals surface area (Å²) in [5.41, 5.74) is 0. The van der Waals surface area contributed by atoms with E-state index in [1.807, 2.05) is 6.92 Å². The van der Waals surface area contributed by atoms with Crippen molar-refractivity contribution in [2.75, 3.05) is 32.1 Å². The van der Waals surface area contributed by atoms with Gasteiger partial charge in [0.25, 0.3) is 0 Å². The maximum absolute atomic E-state index is 12.7. The van der Waals surface area contributed by atoms with Crippen LogP contribution in [-0.2, 0) is 19.6 Å². The van der Waals surface area contributed by atoms with Gasteiger partial charge in [-0.2, -0.15) is 4.31 Å². The second kappa shape index (κ2) is 8.34. The topological polar surface area (TPSA) is 88.6 Å². The zero-order valence-corrected chi connectivity index (χ0v) is 15.1. The molecule has 0 fully saturated rings. The number of carbonyl (C=O) groups is 1. The van der Waals surface area contributed by atoms with E-state index in [2.05, 4.69) is 10.3 Å². The van der Waals surface area contributed by atoms with E-state index in [0.717, 1.165) is 9.18 Å². The van der Waals surface area contributed by atoms with Crippen LogP contribution in [0.4, 0.5) is 5.13 Å². The van der Waals surface area contributed by atoms with Crippen LogP contribution >= 0.6 is 11.3 Å². The van der Waals surface area contributed by atoms with Crippen molar-refractivity contribution < 1.29 is 17.9 Å². The van der Waals surface area contributed by atoms with Gasteiger partial charge in [-0.05, 0) is 19.1 Å². The van der Waals surface area contributed by atoms with Crippen LogP contribution in [0.5, 0.6) is 0 Å². The van der Waals surface area contributed by atoms with Crippen LogP contribution in [0.1, 0.15) is 4.88 Å². The van der Waals surface area contributed by atoms with E-state index in [9.17, 15) is 13.2 Å². The molecule has 0 spiro atoms.